The Morgan fingerprint density at radius 1 is 1.42 bits per heavy atom. The first kappa shape index (κ1) is 7.37. The second kappa shape index (κ2) is 2.99. The number of benzene rings is 1. The summed E-state index contributed by atoms with van der Waals surface area (Å²) in [6.07, 6.45) is 4.00. The highest BCUT2D eigenvalue weighted by molar-refractivity contribution is 5.59. The van der Waals surface area contributed by atoms with Gasteiger partial charge in [-0.25, -0.2) is 0 Å². The molecule has 0 radical (unpaired) electrons. The second-order valence-corrected chi connectivity index (χ2v) is 2.74. The van der Waals surface area contributed by atoms with Crippen molar-refractivity contribution in [3.8, 4) is 5.75 Å². The lowest BCUT2D eigenvalue weighted by molar-refractivity contribution is 0.280. The molecule has 0 saturated heterocycles. The van der Waals surface area contributed by atoms with Crippen molar-refractivity contribution < 1.29 is 9.84 Å². The van der Waals surface area contributed by atoms with Crippen LogP contribution in [0.5, 0.6) is 5.75 Å². The second-order valence-electron chi connectivity index (χ2n) is 2.74. The summed E-state index contributed by atoms with van der Waals surface area (Å²) in [5.41, 5.74) is 1.97. The molecule has 0 spiro atoms. The molecule has 1 aromatic carbocycles. The molecule has 0 fully saturated rings. The zero-order valence-corrected chi connectivity index (χ0v) is 6.66. The molecule has 1 heterocycles. The third-order valence-electron chi connectivity index (χ3n) is 1.89. The first-order valence-electron chi connectivity index (χ1n) is 3.93. The van der Waals surface area contributed by atoms with E-state index in [0.29, 0.717) is 6.61 Å². The molecule has 0 bridgehead atoms. The van der Waals surface area contributed by atoms with E-state index in [1.165, 1.54) is 0 Å². The van der Waals surface area contributed by atoms with Gasteiger partial charge in [-0.05, 0) is 17.7 Å². The molecule has 0 aliphatic carbocycles. The molecule has 2 heteroatoms. The number of ether oxygens (including phenoxy) is 1. The number of rotatable bonds is 1. The largest absolute Gasteiger partial charge is 0.489 e. The molecule has 2 rings (SSSR count). The molecule has 0 unspecified atom stereocenters. The van der Waals surface area contributed by atoms with Gasteiger partial charge in [0, 0.05) is 5.56 Å². The summed E-state index contributed by atoms with van der Waals surface area (Å²) in [7, 11) is 0. The lowest BCUT2D eigenvalue weighted by Crippen LogP contribution is -2.00. The van der Waals surface area contributed by atoms with E-state index in [4.69, 9.17) is 9.84 Å². The minimum Gasteiger partial charge on any atom is -0.489 e. The summed E-state index contributed by atoms with van der Waals surface area (Å²) in [5.74, 6) is 0.865. The zero-order valence-electron chi connectivity index (χ0n) is 6.66. The van der Waals surface area contributed by atoms with Crippen LogP contribution in [0.25, 0.3) is 6.08 Å². The van der Waals surface area contributed by atoms with Gasteiger partial charge in [0.05, 0.1) is 6.61 Å². The molecular weight excluding hydrogens is 152 g/mol. The van der Waals surface area contributed by atoms with Crippen LogP contribution in [0.15, 0.2) is 24.3 Å². The van der Waals surface area contributed by atoms with Gasteiger partial charge >= 0.3 is 0 Å². The Balaban J connectivity index is 2.44. The highest BCUT2D eigenvalue weighted by Crippen LogP contribution is 2.24. The van der Waals surface area contributed by atoms with E-state index in [2.05, 4.69) is 0 Å². The Morgan fingerprint density at radius 3 is 3.17 bits per heavy atom. The Labute approximate surface area is 71.1 Å². The maximum absolute atomic E-state index is 8.87. The maximum Gasteiger partial charge on any atom is 0.127 e. The van der Waals surface area contributed by atoms with Crippen LogP contribution in [0.1, 0.15) is 11.1 Å². The maximum atomic E-state index is 8.87. The van der Waals surface area contributed by atoms with Gasteiger partial charge < -0.3 is 9.84 Å². The predicted molar refractivity (Wildman–Crippen MR) is 46.9 cm³/mol. The predicted octanol–water partition coefficient (Wildman–Crippen LogP) is 1.58. The number of hydrogen-bond acceptors (Lipinski definition) is 2. The number of aliphatic hydroxyl groups excluding tert-OH is 1. The Bertz CT molecular complexity index is 316. The monoisotopic (exact) mass is 162 g/mol. The van der Waals surface area contributed by atoms with Crippen LogP contribution in [-0.2, 0) is 6.61 Å². The van der Waals surface area contributed by atoms with Gasteiger partial charge in [0.25, 0.3) is 0 Å². The van der Waals surface area contributed by atoms with Crippen molar-refractivity contribution in [1.29, 1.82) is 0 Å². The molecule has 0 saturated carbocycles. The average molecular weight is 162 g/mol. The normalized spacial score (nSPS) is 13.8. The molecule has 0 atom stereocenters. The third-order valence-corrected chi connectivity index (χ3v) is 1.89. The molecule has 0 amide bonds. The standard InChI is InChI=1S/C10H10O2/c11-7-8-3-4-9-2-1-5-12-10(9)6-8/h1-4,6,11H,5,7H2. The lowest BCUT2D eigenvalue weighted by Gasteiger charge is -2.12. The zero-order chi connectivity index (χ0) is 8.39. The molecule has 2 nitrogen and oxygen atoms in total. The van der Waals surface area contributed by atoms with Gasteiger partial charge in [-0.2, -0.15) is 0 Å². The Hall–Kier alpha value is -1.28. The van der Waals surface area contributed by atoms with Crippen molar-refractivity contribution in [2.75, 3.05) is 6.61 Å². The van der Waals surface area contributed by atoms with E-state index in [1.54, 1.807) is 0 Å². The molecule has 1 aromatic rings. The van der Waals surface area contributed by atoms with Crippen molar-refractivity contribution >= 4 is 6.08 Å². The van der Waals surface area contributed by atoms with Crippen molar-refractivity contribution in [2.24, 2.45) is 0 Å². The first-order valence-corrected chi connectivity index (χ1v) is 3.93. The summed E-state index contributed by atoms with van der Waals surface area (Å²) in [5, 5.41) is 8.87. The van der Waals surface area contributed by atoms with Gasteiger partial charge in [0.2, 0.25) is 0 Å². The summed E-state index contributed by atoms with van der Waals surface area (Å²) < 4.78 is 5.37. The third kappa shape index (κ3) is 1.21. The summed E-state index contributed by atoms with van der Waals surface area (Å²) >= 11 is 0. The molecule has 0 aromatic heterocycles. The Kier molecular flexibility index (Phi) is 1.84. The minimum atomic E-state index is 0.0698. The van der Waals surface area contributed by atoms with Crippen molar-refractivity contribution in [1.82, 2.24) is 0 Å². The van der Waals surface area contributed by atoms with Gasteiger partial charge in [0.1, 0.15) is 12.4 Å². The van der Waals surface area contributed by atoms with Crippen molar-refractivity contribution in [3.63, 3.8) is 0 Å². The summed E-state index contributed by atoms with van der Waals surface area (Å²) in [6.45, 7) is 0.697. The van der Waals surface area contributed by atoms with Crippen molar-refractivity contribution in [3.05, 3.63) is 35.4 Å². The quantitative estimate of drug-likeness (QED) is 0.679. The van der Waals surface area contributed by atoms with Crippen molar-refractivity contribution in [2.45, 2.75) is 6.61 Å². The van der Waals surface area contributed by atoms with Crippen LogP contribution in [0, 0.1) is 0 Å². The number of fused-ring (bicyclic) bond motifs is 1. The van der Waals surface area contributed by atoms with E-state index < -0.39 is 0 Å². The molecule has 62 valence electrons. The van der Waals surface area contributed by atoms with Gasteiger partial charge in [0.15, 0.2) is 0 Å². The fourth-order valence-corrected chi connectivity index (χ4v) is 1.25. The molecular formula is C10H10O2. The minimum absolute atomic E-state index is 0.0698. The van der Waals surface area contributed by atoms with E-state index in [1.807, 2.05) is 30.4 Å². The van der Waals surface area contributed by atoms with E-state index in [0.717, 1.165) is 16.9 Å². The number of aliphatic hydroxyl groups is 1. The topological polar surface area (TPSA) is 29.5 Å². The van der Waals surface area contributed by atoms with Gasteiger partial charge in [-0.3, -0.25) is 0 Å². The van der Waals surface area contributed by atoms with Crippen LogP contribution in [-0.4, -0.2) is 11.7 Å². The Morgan fingerprint density at radius 2 is 2.33 bits per heavy atom. The lowest BCUT2D eigenvalue weighted by atomic mass is 10.1. The smallest absolute Gasteiger partial charge is 0.127 e. The molecule has 1 N–H and O–H groups in total. The van der Waals surface area contributed by atoms with Crippen LogP contribution in [0.4, 0.5) is 0 Å². The number of hydrogen-bond donors (Lipinski definition) is 1. The van der Waals surface area contributed by atoms with Crippen LogP contribution >= 0.6 is 0 Å². The van der Waals surface area contributed by atoms with Crippen LogP contribution < -0.4 is 4.74 Å². The molecule has 1 aliphatic heterocycles. The molecule has 12 heavy (non-hydrogen) atoms. The van der Waals surface area contributed by atoms with E-state index in [9.17, 15) is 0 Å². The van der Waals surface area contributed by atoms with E-state index >= 15 is 0 Å². The fraction of sp³-hybridized carbons (Fsp3) is 0.200. The fourth-order valence-electron chi connectivity index (χ4n) is 1.25. The summed E-state index contributed by atoms with van der Waals surface area (Å²) in [6, 6.07) is 5.73. The molecule has 1 aliphatic rings. The van der Waals surface area contributed by atoms with Crippen LogP contribution in [0.2, 0.25) is 0 Å². The average Bonchev–Trinajstić information content (AvgIpc) is 2.17. The highest BCUT2D eigenvalue weighted by Gasteiger charge is 2.04. The van der Waals surface area contributed by atoms with E-state index in [-0.39, 0.29) is 6.61 Å². The highest BCUT2D eigenvalue weighted by atomic mass is 16.5. The first-order chi connectivity index (χ1) is 5.90. The SMILES string of the molecule is OCc1ccc2c(c1)OCC=C2. The summed E-state index contributed by atoms with van der Waals surface area (Å²) in [4.78, 5) is 0. The van der Waals surface area contributed by atoms with Crippen LogP contribution in [0.3, 0.4) is 0 Å². The van der Waals surface area contributed by atoms with Gasteiger partial charge in [-0.1, -0.05) is 18.2 Å². The van der Waals surface area contributed by atoms with Gasteiger partial charge in [-0.15, -0.1) is 0 Å².